The molecule has 1 aromatic carbocycles. The summed E-state index contributed by atoms with van der Waals surface area (Å²) < 4.78 is 5.25. The smallest absolute Gasteiger partial charge is 0.256 e. The zero-order chi connectivity index (χ0) is 21.3. The normalized spacial score (nSPS) is 20.8. The average Bonchev–Trinajstić information content (AvgIpc) is 3.44. The first-order chi connectivity index (χ1) is 14.5. The minimum Gasteiger partial charge on any atom is -0.467 e. The van der Waals surface area contributed by atoms with Crippen LogP contribution in [0, 0.1) is 5.92 Å². The van der Waals surface area contributed by atoms with Crippen molar-refractivity contribution >= 4 is 29.5 Å². The van der Waals surface area contributed by atoms with E-state index in [1.54, 1.807) is 41.1 Å². The fourth-order valence-corrected chi connectivity index (χ4v) is 5.39. The van der Waals surface area contributed by atoms with Crippen molar-refractivity contribution in [1.29, 1.82) is 0 Å². The Bertz CT molecular complexity index is 944. The van der Waals surface area contributed by atoms with Crippen molar-refractivity contribution in [3.8, 4) is 0 Å². The predicted molar refractivity (Wildman–Crippen MR) is 114 cm³/mol. The van der Waals surface area contributed by atoms with Crippen LogP contribution in [0.2, 0.25) is 0 Å². The SMILES string of the molecule is CC(C)CC(NC(=O)C1CSC2c3ccccc3C(=O)N12)C(=O)NCc1ccco1. The van der Waals surface area contributed by atoms with E-state index in [1.807, 2.05) is 32.0 Å². The summed E-state index contributed by atoms with van der Waals surface area (Å²) >= 11 is 1.59. The van der Waals surface area contributed by atoms with Gasteiger partial charge in [0.15, 0.2) is 0 Å². The molecule has 2 aliphatic heterocycles. The summed E-state index contributed by atoms with van der Waals surface area (Å²) in [7, 11) is 0. The van der Waals surface area contributed by atoms with Crippen molar-refractivity contribution in [2.45, 2.75) is 44.3 Å². The Balaban J connectivity index is 1.44. The largest absolute Gasteiger partial charge is 0.467 e. The predicted octanol–water partition coefficient (Wildman–Crippen LogP) is 2.70. The van der Waals surface area contributed by atoms with E-state index in [9.17, 15) is 14.4 Å². The highest BCUT2D eigenvalue weighted by molar-refractivity contribution is 7.99. The number of carbonyl (C=O) groups excluding carboxylic acids is 3. The van der Waals surface area contributed by atoms with Crippen LogP contribution in [0.5, 0.6) is 0 Å². The average molecular weight is 428 g/mol. The maximum absolute atomic E-state index is 13.1. The number of nitrogens with one attached hydrogen (secondary N) is 2. The van der Waals surface area contributed by atoms with Gasteiger partial charge in [0.05, 0.1) is 12.8 Å². The lowest BCUT2D eigenvalue weighted by Crippen LogP contribution is -2.53. The molecule has 1 saturated heterocycles. The number of hydrogen-bond donors (Lipinski definition) is 2. The van der Waals surface area contributed by atoms with Crippen LogP contribution in [0.15, 0.2) is 47.1 Å². The fourth-order valence-electron chi connectivity index (χ4n) is 3.92. The van der Waals surface area contributed by atoms with Crippen LogP contribution in [0.4, 0.5) is 0 Å². The molecule has 3 atom stereocenters. The van der Waals surface area contributed by atoms with Crippen LogP contribution < -0.4 is 10.6 Å². The molecule has 1 fully saturated rings. The van der Waals surface area contributed by atoms with Crippen molar-refractivity contribution in [1.82, 2.24) is 15.5 Å². The molecule has 0 saturated carbocycles. The Hall–Kier alpha value is -2.74. The molecule has 0 bridgehead atoms. The number of carbonyl (C=O) groups is 3. The van der Waals surface area contributed by atoms with Crippen molar-refractivity contribution in [3.05, 3.63) is 59.5 Å². The summed E-state index contributed by atoms with van der Waals surface area (Å²) in [5.74, 6) is 0.709. The highest BCUT2D eigenvalue weighted by Gasteiger charge is 2.48. The summed E-state index contributed by atoms with van der Waals surface area (Å²) in [6.45, 7) is 4.26. The lowest BCUT2D eigenvalue weighted by atomic mass is 10.0. The number of hydrogen-bond acceptors (Lipinski definition) is 5. The molecular weight excluding hydrogens is 402 g/mol. The molecule has 4 rings (SSSR count). The molecule has 2 aromatic rings. The molecule has 2 aliphatic rings. The third-order valence-corrected chi connectivity index (χ3v) is 6.66. The van der Waals surface area contributed by atoms with Gasteiger partial charge in [0.25, 0.3) is 5.91 Å². The van der Waals surface area contributed by atoms with Gasteiger partial charge in [-0.05, 0) is 36.1 Å². The van der Waals surface area contributed by atoms with Crippen LogP contribution in [-0.4, -0.2) is 40.5 Å². The van der Waals surface area contributed by atoms with Crippen molar-refractivity contribution < 1.29 is 18.8 Å². The quantitative estimate of drug-likeness (QED) is 0.709. The first kappa shape index (κ1) is 20.5. The molecule has 8 heteroatoms. The Morgan fingerprint density at radius 3 is 2.77 bits per heavy atom. The molecule has 1 aromatic heterocycles. The number of furan rings is 1. The third-order valence-electron chi connectivity index (χ3n) is 5.35. The first-order valence-corrected chi connectivity index (χ1v) is 11.1. The Morgan fingerprint density at radius 1 is 1.23 bits per heavy atom. The second-order valence-electron chi connectivity index (χ2n) is 7.99. The van der Waals surface area contributed by atoms with Gasteiger partial charge in [0.1, 0.15) is 23.2 Å². The lowest BCUT2D eigenvalue weighted by Gasteiger charge is -2.26. The second-order valence-corrected chi connectivity index (χ2v) is 9.10. The van der Waals surface area contributed by atoms with Gasteiger partial charge in [0, 0.05) is 11.3 Å². The van der Waals surface area contributed by atoms with Gasteiger partial charge in [-0.25, -0.2) is 0 Å². The molecule has 158 valence electrons. The number of thioether (sulfide) groups is 1. The third kappa shape index (κ3) is 3.96. The molecule has 0 radical (unpaired) electrons. The van der Waals surface area contributed by atoms with Gasteiger partial charge >= 0.3 is 0 Å². The highest BCUT2D eigenvalue weighted by Crippen LogP contribution is 2.48. The van der Waals surface area contributed by atoms with E-state index in [4.69, 9.17) is 4.42 Å². The Kier molecular flexibility index (Phi) is 5.85. The molecule has 3 unspecified atom stereocenters. The van der Waals surface area contributed by atoms with Gasteiger partial charge in [-0.1, -0.05) is 32.0 Å². The zero-order valence-electron chi connectivity index (χ0n) is 17.0. The number of amides is 3. The summed E-state index contributed by atoms with van der Waals surface area (Å²) in [6.07, 6.45) is 2.06. The molecule has 0 spiro atoms. The maximum Gasteiger partial charge on any atom is 0.256 e. The van der Waals surface area contributed by atoms with Gasteiger partial charge in [-0.3, -0.25) is 14.4 Å². The highest BCUT2D eigenvalue weighted by atomic mass is 32.2. The summed E-state index contributed by atoms with van der Waals surface area (Å²) in [4.78, 5) is 40.4. The first-order valence-electron chi connectivity index (χ1n) is 10.1. The summed E-state index contributed by atoms with van der Waals surface area (Å²) in [5.41, 5.74) is 1.61. The molecule has 3 heterocycles. The van der Waals surface area contributed by atoms with Crippen LogP contribution in [0.25, 0.3) is 0 Å². The van der Waals surface area contributed by atoms with Crippen LogP contribution >= 0.6 is 11.8 Å². The second kappa shape index (κ2) is 8.55. The fraction of sp³-hybridized carbons (Fsp3) is 0.409. The number of nitrogens with zero attached hydrogens (tertiary/aromatic N) is 1. The minimum absolute atomic E-state index is 0.122. The van der Waals surface area contributed by atoms with Gasteiger partial charge in [-0.2, -0.15) is 0 Å². The Labute approximate surface area is 179 Å². The maximum atomic E-state index is 13.1. The van der Waals surface area contributed by atoms with Crippen molar-refractivity contribution in [2.75, 3.05) is 5.75 Å². The Morgan fingerprint density at radius 2 is 2.03 bits per heavy atom. The monoisotopic (exact) mass is 427 g/mol. The molecule has 2 N–H and O–H groups in total. The van der Waals surface area contributed by atoms with Gasteiger partial charge < -0.3 is 20.0 Å². The topological polar surface area (TPSA) is 91.7 Å². The molecule has 7 nitrogen and oxygen atoms in total. The van der Waals surface area contributed by atoms with Gasteiger partial charge in [0.2, 0.25) is 11.8 Å². The summed E-state index contributed by atoms with van der Waals surface area (Å²) in [6, 6.07) is 9.76. The molecule has 30 heavy (non-hydrogen) atoms. The summed E-state index contributed by atoms with van der Waals surface area (Å²) in [5, 5.41) is 5.58. The number of fused-ring (bicyclic) bond motifs is 3. The molecule has 3 amide bonds. The van der Waals surface area contributed by atoms with Crippen LogP contribution in [0.1, 0.15) is 47.3 Å². The van der Waals surface area contributed by atoms with E-state index in [-0.39, 0.29) is 35.6 Å². The van der Waals surface area contributed by atoms with Crippen molar-refractivity contribution in [3.63, 3.8) is 0 Å². The molecule has 0 aliphatic carbocycles. The minimum atomic E-state index is -0.670. The van der Waals surface area contributed by atoms with Crippen molar-refractivity contribution in [2.24, 2.45) is 5.92 Å². The van der Waals surface area contributed by atoms with Crippen LogP contribution in [0.3, 0.4) is 0 Å². The van der Waals surface area contributed by atoms with E-state index in [0.717, 1.165) is 5.56 Å². The van der Waals surface area contributed by atoms with E-state index < -0.39 is 12.1 Å². The standard InChI is InChI=1S/C22H25N3O4S/c1-13(2)10-17(19(26)23-11-14-6-5-9-29-14)24-20(27)18-12-30-22-16-8-4-3-7-15(16)21(28)25(18)22/h3-9,13,17-18,22H,10-12H2,1-2H3,(H,23,26)(H,24,27). The van der Waals surface area contributed by atoms with E-state index >= 15 is 0 Å². The van der Waals surface area contributed by atoms with E-state index in [2.05, 4.69) is 10.6 Å². The van der Waals surface area contributed by atoms with E-state index in [0.29, 0.717) is 23.5 Å². The van der Waals surface area contributed by atoms with Gasteiger partial charge in [-0.15, -0.1) is 11.8 Å². The number of rotatable bonds is 7. The molecular formula is C22H25N3O4S. The zero-order valence-corrected chi connectivity index (χ0v) is 17.8. The van der Waals surface area contributed by atoms with Crippen LogP contribution in [-0.2, 0) is 16.1 Å². The number of benzene rings is 1. The van der Waals surface area contributed by atoms with E-state index in [1.165, 1.54) is 0 Å². The lowest BCUT2D eigenvalue weighted by molar-refractivity contribution is -0.131.